The highest BCUT2D eigenvalue weighted by Crippen LogP contribution is 2.33. The van der Waals surface area contributed by atoms with Gasteiger partial charge in [0, 0.05) is 35.5 Å². The summed E-state index contributed by atoms with van der Waals surface area (Å²) < 4.78 is 0. The summed E-state index contributed by atoms with van der Waals surface area (Å²) in [6.45, 7) is 4.00. The Hall–Kier alpha value is -2.86. The Bertz CT molecular complexity index is 1010. The van der Waals surface area contributed by atoms with Crippen LogP contribution in [0.3, 0.4) is 0 Å². The van der Waals surface area contributed by atoms with Crippen LogP contribution < -0.4 is 5.32 Å². The molecule has 0 atom stereocenters. The first-order valence-electron chi connectivity index (χ1n) is 7.96. The average molecular weight is 348 g/mol. The van der Waals surface area contributed by atoms with Gasteiger partial charge in [-0.2, -0.15) is 0 Å². The molecule has 6 heteroatoms. The molecule has 25 heavy (non-hydrogen) atoms. The Morgan fingerprint density at radius 1 is 1.20 bits per heavy atom. The lowest BCUT2D eigenvalue weighted by molar-refractivity contribution is 0.102. The molecule has 0 saturated heterocycles. The lowest BCUT2D eigenvalue weighted by Gasteiger charge is -2.05. The number of para-hydroxylation sites is 1. The summed E-state index contributed by atoms with van der Waals surface area (Å²) in [6, 6.07) is 7.69. The van der Waals surface area contributed by atoms with E-state index in [9.17, 15) is 4.79 Å². The molecule has 1 aliphatic rings. The molecule has 0 saturated carbocycles. The van der Waals surface area contributed by atoms with Crippen molar-refractivity contribution in [3.8, 4) is 0 Å². The number of anilines is 1. The normalized spacial score (nSPS) is 12.6. The number of hydrogen-bond donors (Lipinski definition) is 1. The molecular formula is C19H16N4OS. The van der Waals surface area contributed by atoms with Crippen LogP contribution in [0.15, 0.2) is 47.8 Å². The zero-order valence-electron chi connectivity index (χ0n) is 13.9. The number of pyridine rings is 1. The van der Waals surface area contributed by atoms with E-state index in [1.165, 1.54) is 11.3 Å². The van der Waals surface area contributed by atoms with Crippen LogP contribution >= 0.6 is 11.3 Å². The van der Waals surface area contributed by atoms with Crippen molar-refractivity contribution < 1.29 is 4.79 Å². The first kappa shape index (κ1) is 15.7. The number of nitrogens with zero attached hydrogens (tertiary/aromatic N) is 3. The molecule has 0 spiro atoms. The first-order valence-corrected chi connectivity index (χ1v) is 8.77. The molecule has 5 nitrogen and oxygen atoms in total. The smallest absolute Gasteiger partial charge is 0.259 e. The number of fused-ring (bicyclic) bond motifs is 1. The second-order valence-corrected chi connectivity index (χ2v) is 7.20. The molecule has 1 aliphatic heterocycles. The fourth-order valence-corrected chi connectivity index (χ4v) is 3.56. The van der Waals surface area contributed by atoms with E-state index in [1.54, 1.807) is 18.5 Å². The second-order valence-electron chi connectivity index (χ2n) is 5.97. The van der Waals surface area contributed by atoms with Gasteiger partial charge in [0.2, 0.25) is 0 Å². The third-order valence-electron chi connectivity index (χ3n) is 4.16. The third-order valence-corrected chi connectivity index (χ3v) is 4.99. The minimum atomic E-state index is -0.181. The van der Waals surface area contributed by atoms with Crippen molar-refractivity contribution in [1.82, 2.24) is 9.97 Å². The summed E-state index contributed by atoms with van der Waals surface area (Å²) in [6.07, 6.45) is 6.06. The molecule has 3 aromatic rings. The molecule has 0 bridgehead atoms. The van der Waals surface area contributed by atoms with Gasteiger partial charge in [-0.15, -0.1) is 11.3 Å². The van der Waals surface area contributed by atoms with Crippen molar-refractivity contribution in [2.45, 2.75) is 20.3 Å². The van der Waals surface area contributed by atoms with Crippen molar-refractivity contribution in [3.63, 3.8) is 0 Å². The molecule has 1 aromatic carbocycles. The van der Waals surface area contributed by atoms with Crippen LogP contribution in [0.1, 0.15) is 31.9 Å². The summed E-state index contributed by atoms with van der Waals surface area (Å²) in [5.41, 5.74) is 5.48. The maximum Gasteiger partial charge on any atom is 0.259 e. The predicted octanol–water partition coefficient (Wildman–Crippen LogP) is 4.08. The van der Waals surface area contributed by atoms with Gasteiger partial charge in [0.05, 0.1) is 17.0 Å². The number of hydrogen-bond acceptors (Lipinski definition) is 5. The second kappa shape index (κ2) is 6.22. The van der Waals surface area contributed by atoms with Crippen molar-refractivity contribution in [3.05, 3.63) is 70.0 Å². The van der Waals surface area contributed by atoms with Crippen LogP contribution in [-0.4, -0.2) is 21.6 Å². The van der Waals surface area contributed by atoms with Crippen molar-refractivity contribution in [1.29, 1.82) is 0 Å². The van der Waals surface area contributed by atoms with E-state index in [-0.39, 0.29) is 5.91 Å². The quantitative estimate of drug-likeness (QED) is 0.775. The molecule has 0 radical (unpaired) electrons. The number of aryl methyl sites for hydroxylation is 2. The van der Waals surface area contributed by atoms with Gasteiger partial charge in [0.15, 0.2) is 5.13 Å². The molecule has 3 heterocycles. The fourth-order valence-electron chi connectivity index (χ4n) is 2.90. The lowest BCUT2D eigenvalue weighted by Crippen LogP contribution is -2.11. The number of carbonyl (C=O) groups is 1. The number of aromatic nitrogens is 2. The molecule has 0 aliphatic carbocycles. The summed E-state index contributed by atoms with van der Waals surface area (Å²) in [5, 5.41) is 3.46. The number of nitrogens with one attached hydrogen (secondary N) is 1. The zero-order chi connectivity index (χ0) is 17.4. The van der Waals surface area contributed by atoms with Crippen molar-refractivity contribution in [2.75, 3.05) is 5.32 Å². The number of benzene rings is 1. The van der Waals surface area contributed by atoms with Crippen molar-refractivity contribution in [2.24, 2.45) is 4.99 Å². The largest absolute Gasteiger partial charge is 0.298 e. The molecule has 0 unspecified atom stereocenters. The van der Waals surface area contributed by atoms with Crippen LogP contribution in [0.25, 0.3) is 0 Å². The highest BCUT2D eigenvalue weighted by Gasteiger charge is 2.23. The van der Waals surface area contributed by atoms with Crippen LogP contribution in [0.5, 0.6) is 0 Å². The SMILES string of the molecule is Cc1cnc(NC(=O)c2cccc3c2N=C(c2cnccc2C)C3)s1. The number of thiazole rings is 1. The van der Waals surface area contributed by atoms with Gasteiger partial charge >= 0.3 is 0 Å². The molecule has 1 N–H and O–H groups in total. The number of carbonyl (C=O) groups excluding carboxylic acids is 1. The topological polar surface area (TPSA) is 67.2 Å². The lowest BCUT2D eigenvalue weighted by atomic mass is 10.0. The van der Waals surface area contributed by atoms with E-state index in [2.05, 4.69) is 15.3 Å². The summed E-state index contributed by atoms with van der Waals surface area (Å²) in [5.74, 6) is -0.181. The van der Waals surface area contributed by atoms with Gasteiger partial charge in [0.25, 0.3) is 5.91 Å². The van der Waals surface area contributed by atoms with E-state index in [1.807, 2.05) is 38.2 Å². The minimum absolute atomic E-state index is 0.181. The molecular weight excluding hydrogens is 332 g/mol. The maximum absolute atomic E-state index is 12.7. The van der Waals surface area contributed by atoms with E-state index < -0.39 is 0 Å². The highest BCUT2D eigenvalue weighted by atomic mass is 32.1. The third kappa shape index (κ3) is 2.96. The average Bonchev–Trinajstić information content (AvgIpc) is 3.20. The van der Waals surface area contributed by atoms with Gasteiger partial charge in [-0.1, -0.05) is 12.1 Å². The Morgan fingerprint density at radius 3 is 2.84 bits per heavy atom. The van der Waals surface area contributed by atoms with E-state index in [4.69, 9.17) is 4.99 Å². The molecule has 0 fully saturated rings. The molecule has 124 valence electrons. The molecule has 4 rings (SSSR count). The fraction of sp³-hybridized carbons (Fsp3) is 0.158. The Balaban J connectivity index is 1.68. The zero-order valence-corrected chi connectivity index (χ0v) is 14.7. The van der Waals surface area contributed by atoms with Crippen LogP contribution in [-0.2, 0) is 6.42 Å². The van der Waals surface area contributed by atoms with E-state index in [0.29, 0.717) is 17.1 Å². The Labute approximate surface area is 149 Å². The van der Waals surface area contributed by atoms with E-state index in [0.717, 1.165) is 33.0 Å². The first-order chi connectivity index (χ1) is 12.1. The maximum atomic E-state index is 12.7. The van der Waals surface area contributed by atoms with Gasteiger partial charge in [-0.05, 0) is 37.1 Å². The minimum Gasteiger partial charge on any atom is -0.298 e. The summed E-state index contributed by atoms with van der Waals surface area (Å²) >= 11 is 1.46. The van der Waals surface area contributed by atoms with Gasteiger partial charge in [0.1, 0.15) is 0 Å². The summed E-state index contributed by atoms with van der Waals surface area (Å²) in [7, 11) is 0. The Morgan fingerprint density at radius 2 is 2.08 bits per heavy atom. The van der Waals surface area contributed by atoms with E-state index >= 15 is 0 Å². The molecule has 2 aromatic heterocycles. The Kier molecular flexibility index (Phi) is 3.89. The summed E-state index contributed by atoms with van der Waals surface area (Å²) in [4.78, 5) is 26.9. The van der Waals surface area contributed by atoms with Crippen molar-refractivity contribution >= 4 is 33.8 Å². The number of amides is 1. The van der Waals surface area contributed by atoms with Gasteiger partial charge in [-0.3, -0.25) is 20.1 Å². The number of aliphatic imine (C=N–C) groups is 1. The number of rotatable bonds is 3. The highest BCUT2D eigenvalue weighted by molar-refractivity contribution is 7.15. The van der Waals surface area contributed by atoms with Crippen LogP contribution in [0.2, 0.25) is 0 Å². The monoisotopic (exact) mass is 348 g/mol. The molecule has 1 amide bonds. The van der Waals surface area contributed by atoms with Gasteiger partial charge in [-0.25, -0.2) is 4.98 Å². The van der Waals surface area contributed by atoms with Crippen LogP contribution in [0, 0.1) is 13.8 Å². The van der Waals surface area contributed by atoms with Crippen LogP contribution in [0.4, 0.5) is 10.8 Å². The predicted molar refractivity (Wildman–Crippen MR) is 100 cm³/mol. The standard InChI is InChI=1S/C19H16N4OS/c1-11-6-7-20-10-15(11)16-8-13-4-3-5-14(17(13)22-16)18(24)23-19-21-9-12(2)25-19/h3-7,9-10H,8H2,1-2H3,(H,21,23,24). The van der Waals surface area contributed by atoms with Gasteiger partial charge < -0.3 is 0 Å².